The number of hydrogen-bond donors (Lipinski definition) is 1. The summed E-state index contributed by atoms with van der Waals surface area (Å²) in [5.74, 6) is -2.17. The number of ketones is 1. The van der Waals surface area contributed by atoms with Crippen LogP contribution in [0.2, 0.25) is 0 Å². The summed E-state index contributed by atoms with van der Waals surface area (Å²) in [6, 6.07) is 15.1. The summed E-state index contributed by atoms with van der Waals surface area (Å²) < 4.78 is 0.861. The minimum Gasteiger partial charge on any atom is -0.507 e. The highest BCUT2D eigenvalue weighted by molar-refractivity contribution is 7.22. The summed E-state index contributed by atoms with van der Waals surface area (Å²) in [5, 5.41) is 22.5. The lowest BCUT2D eigenvalue weighted by atomic mass is 9.87. The van der Waals surface area contributed by atoms with Gasteiger partial charge in [-0.15, -0.1) is 0 Å². The van der Waals surface area contributed by atoms with Gasteiger partial charge in [-0.3, -0.25) is 29.6 Å². The first-order valence-corrected chi connectivity index (χ1v) is 12.3. The molecule has 0 bridgehead atoms. The average Bonchev–Trinajstić information content (AvgIpc) is 3.41. The first kappa shape index (κ1) is 24.3. The van der Waals surface area contributed by atoms with Crippen LogP contribution in [0.15, 0.2) is 72.4 Å². The third-order valence-electron chi connectivity index (χ3n) is 6.21. The second kappa shape index (κ2) is 8.90. The third kappa shape index (κ3) is 4.25. The molecule has 2 aromatic carbocycles. The van der Waals surface area contributed by atoms with Crippen LogP contribution in [-0.4, -0.2) is 31.7 Å². The SMILES string of the molecule is CC(C)(C)c1ccc2nc(N3C(=O)C(=O)/C(=C(/O)c4ccc([N+](=O)[O-])cc4)C3c3ccccn3)sc2c1. The molecule has 1 unspecified atom stereocenters. The number of benzene rings is 2. The highest BCUT2D eigenvalue weighted by Crippen LogP contribution is 2.44. The Bertz CT molecular complexity index is 1590. The van der Waals surface area contributed by atoms with Crippen LogP contribution < -0.4 is 4.90 Å². The Labute approximate surface area is 215 Å². The van der Waals surface area contributed by atoms with Gasteiger partial charge in [0, 0.05) is 23.9 Å². The standard InChI is InChI=1S/C27H22N4O5S/c1-27(2,3)16-9-12-18-20(14-16)37-26(29-18)30-22(19-6-4-5-13-28-19)21(24(33)25(30)34)23(32)15-7-10-17(11-8-15)31(35)36/h4-14,22,32H,1-3H3/b23-21+. The van der Waals surface area contributed by atoms with E-state index in [-0.39, 0.29) is 22.2 Å². The Morgan fingerprint density at radius 2 is 1.81 bits per heavy atom. The van der Waals surface area contributed by atoms with Crippen molar-refractivity contribution >= 4 is 49.8 Å². The van der Waals surface area contributed by atoms with Gasteiger partial charge in [-0.25, -0.2) is 4.98 Å². The van der Waals surface area contributed by atoms with E-state index in [1.54, 1.807) is 18.2 Å². The van der Waals surface area contributed by atoms with Crippen LogP contribution >= 0.6 is 11.3 Å². The van der Waals surface area contributed by atoms with Gasteiger partial charge < -0.3 is 5.11 Å². The van der Waals surface area contributed by atoms with Crippen LogP contribution in [0.1, 0.15) is 43.6 Å². The van der Waals surface area contributed by atoms with E-state index in [0.717, 1.165) is 10.3 Å². The predicted octanol–water partition coefficient (Wildman–Crippen LogP) is 5.52. The van der Waals surface area contributed by atoms with E-state index in [4.69, 9.17) is 0 Å². The van der Waals surface area contributed by atoms with Crippen molar-refractivity contribution in [1.82, 2.24) is 9.97 Å². The van der Waals surface area contributed by atoms with Crippen LogP contribution in [0, 0.1) is 10.1 Å². The molecule has 0 aliphatic carbocycles. The molecule has 1 aliphatic heterocycles. The van der Waals surface area contributed by atoms with Gasteiger partial charge in [-0.05, 0) is 47.4 Å². The number of hydrogen-bond acceptors (Lipinski definition) is 8. The quantitative estimate of drug-likeness (QED) is 0.125. The zero-order chi connectivity index (χ0) is 26.5. The normalized spacial score (nSPS) is 17.5. The van der Waals surface area contributed by atoms with Crippen molar-refractivity contribution in [3.8, 4) is 0 Å². The van der Waals surface area contributed by atoms with Crippen molar-refractivity contribution in [2.75, 3.05) is 4.90 Å². The molecule has 9 nitrogen and oxygen atoms in total. The number of anilines is 1. The molecule has 3 heterocycles. The lowest BCUT2D eigenvalue weighted by Gasteiger charge is -2.21. The van der Waals surface area contributed by atoms with E-state index >= 15 is 0 Å². The third-order valence-corrected chi connectivity index (χ3v) is 7.23. The van der Waals surface area contributed by atoms with Crippen molar-refractivity contribution in [3.05, 3.63) is 99.4 Å². The summed E-state index contributed by atoms with van der Waals surface area (Å²) >= 11 is 1.28. The fourth-order valence-electron chi connectivity index (χ4n) is 4.23. The van der Waals surface area contributed by atoms with E-state index in [9.17, 15) is 24.8 Å². The monoisotopic (exact) mass is 514 g/mol. The number of carbonyl (C=O) groups is 2. The first-order valence-electron chi connectivity index (χ1n) is 11.4. The van der Waals surface area contributed by atoms with Crippen LogP contribution in [0.4, 0.5) is 10.8 Å². The van der Waals surface area contributed by atoms with Gasteiger partial charge >= 0.3 is 5.91 Å². The maximum absolute atomic E-state index is 13.4. The maximum Gasteiger partial charge on any atom is 0.301 e. The van der Waals surface area contributed by atoms with Crippen LogP contribution in [0.5, 0.6) is 0 Å². The zero-order valence-corrected chi connectivity index (χ0v) is 21.0. The number of aliphatic hydroxyl groups excluding tert-OH is 1. The van der Waals surface area contributed by atoms with Crippen molar-refractivity contribution in [1.29, 1.82) is 0 Å². The number of pyridine rings is 1. The van der Waals surface area contributed by atoms with Gasteiger partial charge in [0.15, 0.2) is 5.13 Å². The van der Waals surface area contributed by atoms with Gasteiger partial charge in [0.2, 0.25) is 0 Å². The highest BCUT2D eigenvalue weighted by Gasteiger charge is 2.48. The Kier molecular flexibility index (Phi) is 5.83. The van der Waals surface area contributed by atoms with Gasteiger partial charge in [0.25, 0.3) is 11.5 Å². The van der Waals surface area contributed by atoms with Crippen molar-refractivity contribution in [3.63, 3.8) is 0 Å². The van der Waals surface area contributed by atoms with Crippen molar-refractivity contribution < 1.29 is 19.6 Å². The van der Waals surface area contributed by atoms with Crippen molar-refractivity contribution in [2.24, 2.45) is 0 Å². The molecule has 1 fully saturated rings. The number of rotatable bonds is 4. The fraction of sp³-hybridized carbons (Fsp3) is 0.185. The highest BCUT2D eigenvalue weighted by atomic mass is 32.1. The minimum absolute atomic E-state index is 0.0826. The minimum atomic E-state index is -1.03. The van der Waals surface area contributed by atoms with E-state index in [2.05, 4.69) is 30.7 Å². The summed E-state index contributed by atoms with van der Waals surface area (Å²) in [6.45, 7) is 6.32. The number of nitro groups is 1. The molecule has 1 atom stereocenters. The average molecular weight is 515 g/mol. The van der Waals surface area contributed by atoms with Gasteiger partial charge in [0.05, 0.1) is 26.4 Å². The molecule has 5 rings (SSSR count). The number of amides is 1. The molecular weight excluding hydrogens is 492 g/mol. The smallest absolute Gasteiger partial charge is 0.301 e. The van der Waals surface area contributed by atoms with E-state index < -0.39 is 28.4 Å². The van der Waals surface area contributed by atoms with E-state index in [0.29, 0.717) is 16.3 Å². The number of carbonyl (C=O) groups excluding carboxylic acids is 2. The molecule has 186 valence electrons. The zero-order valence-electron chi connectivity index (χ0n) is 20.2. The predicted molar refractivity (Wildman–Crippen MR) is 140 cm³/mol. The second-order valence-electron chi connectivity index (χ2n) is 9.66. The lowest BCUT2D eigenvalue weighted by molar-refractivity contribution is -0.384. The number of thiazole rings is 1. The van der Waals surface area contributed by atoms with E-state index in [1.165, 1.54) is 46.7 Å². The molecule has 0 saturated carbocycles. The molecule has 1 saturated heterocycles. The molecule has 1 amide bonds. The Morgan fingerprint density at radius 3 is 2.43 bits per heavy atom. The molecule has 1 aliphatic rings. The number of Topliss-reactive ketones (excluding diaryl/α,β-unsaturated/α-hetero) is 1. The van der Waals surface area contributed by atoms with Crippen molar-refractivity contribution in [2.45, 2.75) is 32.2 Å². The number of fused-ring (bicyclic) bond motifs is 1. The number of nitrogens with zero attached hydrogens (tertiary/aromatic N) is 4. The number of aromatic nitrogens is 2. The first-order chi connectivity index (χ1) is 17.6. The topological polar surface area (TPSA) is 127 Å². The van der Waals surface area contributed by atoms with Crippen LogP contribution in [0.25, 0.3) is 16.0 Å². The Hall–Kier alpha value is -4.44. The molecule has 4 aromatic rings. The molecular formula is C27H22N4O5S. The molecule has 0 spiro atoms. The summed E-state index contributed by atoms with van der Waals surface area (Å²) in [6.07, 6.45) is 1.54. The maximum atomic E-state index is 13.4. The molecule has 1 N–H and O–H groups in total. The lowest BCUT2D eigenvalue weighted by Crippen LogP contribution is -2.29. The van der Waals surface area contributed by atoms with Gasteiger partial charge in [-0.2, -0.15) is 0 Å². The van der Waals surface area contributed by atoms with Crippen LogP contribution in [-0.2, 0) is 15.0 Å². The number of aliphatic hydroxyl groups is 1. The number of nitro benzene ring substituents is 1. The molecule has 0 radical (unpaired) electrons. The summed E-state index contributed by atoms with van der Waals surface area (Å²) in [4.78, 5) is 47.4. The second-order valence-corrected chi connectivity index (χ2v) is 10.7. The molecule has 10 heteroatoms. The Morgan fingerprint density at radius 1 is 1.08 bits per heavy atom. The van der Waals surface area contributed by atoms with Gasteiger partial charge in [0.1, 0.15) is 11.8 Å². The number of non-ortho nitro benzene ring substituents is 1. The van der Waals surface area contributed by atoms with E-state index in [1.807, 2.05) is 18.2 Å². The molecule has 2 aromatic heterocycles. The molecule has 37 heavy (non-hydrogen) atoms. The van der Waals surface area contributed by atoms with Gasteiger partial charge in [-0.1, -0.05) is 44.2 Å². The van der Waals surface area contributed by atoms with Crippen LogP contribution in [0.3, 0.4) is 0 Å². The summed E-state index contributed by atoms with van der Waals surface area (Å²) in [7, 11) is 0. The Balaban J connectivity index is 1.67. The summed E-state index contributed by atoms with van der Waals surface area (Å²) in [5.41, 5.74) is 1.93. The largest absolute Gasteiger partial charge is 0.507 e. The fourth-order valence-corrected chi connectivity index (χ4v) is 5.26.